The highest BCUT2D eigenvalue weighted by Crippen LogP contribution is 2.29. The van der Waals surface area contributed by atoms with Gasteiger partial charge in [-0.3, -0.25) is 14.4 Å². The lowest BCUT2D eigenvalue weighted by Crippen LogP contribution is -2.30. The van der Waals surface area contributed by atoms with Crippen LogP contribution in [-0.4, -0.2) is 40.7 Å². The zero-order valence-electron chi connectivity index (χ0n) is 24.8. The van der Waals surface area contributed by atoms with Crippen LogP contribution < -0.4 is 20.7 Å². The summed E-state index contributed by atoms with van der Waals surface area (Å²) in [5.74, 6) is -1.53. The van der Waals surface area contributed by atoms with E-state index in [4.69, 9.17) is 9.84 Å². The molecule has 0 radical (unpaired) electrons. The van der Waals surface area contributed by atoms with E-state index in [1.165, 1.54) is 23.9 Å². The number of thioether (sulfide) groups is 1. The van der Waals surface area contributed by atoms with Gasteiger partial charge >= 0.3 is 5.97 Å². The summed E-state index contributed by atoms with van der Waals surface area (Å²) in [6.45, 7) is 4.31. The van der Waals surface area contributed by atoms with E-state index in [0.29, 0.717) is 41.3 Å². The largest absolute Gasteiger partial charge is 0.494 e. The van der Waals surface area contributed by atoms with E-state index in [-0.39, 0.29) is 17.2 Å². The van der Waals surface area contributed by atoms with Gasteiger partial charge in [0.05, 0.1) is 17.4 Å². The van der Waals surface area contributed by atoms with Crippen molar-refractivity contribution in [2.45, 2.75) is 30.4 Å². The van der Waals surface area contributed by atoms with E-state index in [0.717, 1.165) is 4.90 Å². The van der Waals surface area contributed by atoms with E-state index in [2.05, 4.69) is 16.0 Å². The number of carbonyl (C=O) groups excluding carboxylic acids is 3. The molecule has 4 aromatic carbocycles. The third-order valence-corrected chi connectivity index (χ3v) is 7.82. The fraction of sp³-hybridized carbons (Fsp3) is 0.143. The third-order valence-electron chi connectivity index (χ3n) is 6.46. The van der Waals surface area contributed by atoms with Gasteiger partial charge in [0.25, 0.3) is 11.8 Å². The van der Waals surface area contributed by atoms with Crippen molar-refractivity contribution in [3.8, 4) is 5.75 Å². The molecule has 10 heteroatoms. The van der Waals surface area contributed by atoms with Crippen LogP contribution in [0, 0.1) is 0 Å². The van der Waals surface area contributed by atoms with Crippen molar-refractivity contribution in [1.82, 2.24) is 5.32 Å². The fourth-order valence-corrected chi connectivity index (χ4v) is 5.20. The Morgan fingerprint density at radius 1 is 0.800 bits per heavy atom. The van der Waals surface area contributed by atoms with Gasteiger partial charge < -0.3 is 25.8 Å². The molecule has 9 nitrogen and oxygen atoms in total. The minimum atomic E-state index is -1.04. The Balaban J connectivity index is 1.48. The predicted octanol–water partition coefficient (Wildman–Crippen LogP) is 6.70. The summed E-state index contributed by atoms with van der Waals surface area (Å²) in [7, 11) is 0. The number of rotatable bonds is 13. The molecule has 0 fully saturated rings. The predicted molar refractivity (Wildman–Crippen MR) is 177 cm³/mol. The lowest BCUT2D eigenvalue weighted by molar-refractivity contribution is -0.116. The standard InChI is InChI=1S/C35H33N3O6S/c1-3-31(34(41)36-26-17-15-25(16-18-26)35(42)43)45-29-12-8-11-27(22-29)37-33(40)30(38-32(39)24-9-6-5-7-10-24)21-23-13-19-28(20-14-23)44-4-2/h5-22,31H,3-4H2,1-2H3,(H,36,41)(H,37,40)(H,38,39)(H,42,43)/b30-21+. The number of carboxylic acids is 1. The molecule has 1 unspecified atom stereocenters. The molecule has 0 aromatic heterocycles. The maximum atomic E-state index is 13.5. The first-order valence-corrected chi connectivity index (χ1v) is 15.2. The lowest BCUT2D eigenvalue weighted by Gasteiger charge is -2.16. The Bertz CT molecular complexity index is 1670. The molecular formula is C35H33N3O6S. The summed E-state index contributed by atoms with van der Waals surface area (Å²) in [6.07, 6.45) is 2.12. The van der Waals surface area contributed by atoms with Crippen molar-refractivity contribution in [3.05, 3.63) is 126 Å². The van der Waals surface area contributed by atoms with Crippen molar-refractivity contribution < 1.29 is 29.0 Å². The normalized spacial score (nSPS) is 11.6. The summed E-state index contributed by atoms with van der Waals surface area (Å²) < 4.78 is 5.50. The van der Waals surface area contributed by atoms with Crippen molar-refractivity contribution in [2.24, 2.45) is 0 Å². The molecule has 3 amide bonds. The molecule has 0 spiro atoms. The number of ether oxygens (including phenoxy) is 1. The first kappa shape index (κ1) is 32.6. The van der Waals surface area contributed by atoms with E-state index < -0.39 is 23.0 Å². The van der Waals surface area contributed by atoms with Crippen LogP contribution >= 0.6 is 11.8 Å². The molecule has 0 bridgehead atoms. The molecule has 230 valence electrons. The van der Waals surface area contributed by atoms with Crippen LogP contribution in [0.1, 0.15) is 46.5 Å². The Kier molecular flexibility index (Phi) is 11.5. The van der Waals surface area contributed by atoms with Gasteiger partial charge in [0.1, 0.15) is 11.4 Å². The zero-order valence-corrected chi connectivity index (χ0v) is 25.6. The third kappa shape index (κ3) is 9.57. The minimum absolute atomic E-state index is 0.0470. The monoisotopic (exact) mass is 623 g/mol. The first-order valence-electron chi connectivity index (χ1n) is 14.3. The zero-order chi connectivity index (χ0) is 32.2. The van der Waals surface area contributed by atoms with E-state index >= 15 is 0 Å². The van der Waals surface area contributed by atoms with Crippen LogP contribution in [0.4, 0.5) is 11.4 Å². The number of hydrogen-bond donors (Lipinski definition) is 4. The van der Waals surface area contributed by atoms with Crippen molar-refractivity contribution >= 4 is 52.9 Å². The number of nitrogens with one attached hydrogen (secondary N) is 3. The summed E-state index contributed by atoms with van der Waals surface area (Å²) in [4.78, 5) is 51.3. The maximum absolute atomic E-state index is 13.5. The molecule has 4 aromatic rings. The number of carboxylic acid groups (broad SMARTS) is 1. The van der Waals surface area contributed by atoms with Crippen LogP contribution in [0.15, 0.2) is 114 Å². The second kappa shape index (κ2) is 15.9. The van der Waals surface area contributed by atoms with Gasteiger partial charge in [-0.05, 0) is 91.7 Å². The van der Waals surface area contributed by atoms with Crippen LogP contribution in [0.2, 0.25) is 0 Å². The molecule has 0 saturated heterocycles. The van der Waals surface area contributed by atoms with Crippen LogP contribution in [0.25, 0.3) is 6.08 Å². The van der Waals surface area contributed by atoms with Gasteiger partial charge in [-0.25, -0.2) is 4.79 Å². The smallest absolute Gasteiger partial charge is 0.335 e. The molecule has 0 aliphatic heterocycles. The Hall–Kier alpha value is -5.35. The van der Waals surface area contributed by atoms with Gasteiger partial charge in [0, 0.05) is 21.8 Å². The van der Waals surface area contributed by atoms with Crippen LogP contribution in [0.5, 0.6) is 5.75 Å². The molecule has 0 saturated carbocycles. The Labute approximate surface area is 265 Å². The van der Waals surface area contributed by atoms with Crippen LogP contribution in [0.3, 0.4) is 0 Å². The average Bonchev–Trinajstić information content (AvgIpc) is 3.05. The molecule has 45 heavy (non-hydrogen) atoms. The van der Waals surface area contributed by atoms with Gasteiger partial charge in [0.15, 0.2) is 0 Å². The Morgan fingerprint density at radius 3 is 2.16 bits per heavy atom. The maximum Gasteiger partial charge on any atom is 0.335 e. The number of aromatic carboxylic acids is 1. The summed E-state index contributed by atoms with van der Waals surface area (Å²) in [5.41, 5.74) is 2.25. The number of anilines is 2. The summed E-state index contributed by atoms with van der Waals surface area (Å²) in [5, 5.41) is 17.1. The summed E-state index contributed by atoms with van der Waals surface area (Å²) >= 11 is 1.34. The van der Waals surface area contributed by atoms with E-state index in [1.807, 2.05) is 19.9 Å². The first-order chi connectivity index (χ1) is 21.7. The molecule has 0 aliphatic carbocycles. The average molecular weight is 624 g/mol. The molecule has 0 aliphatic rings. The molecular weight excluding hydrogens is 590 g/mol. The number of amides is 3. The Morgan fingerprint density at radius 2 is 1.51 bits per heavy atom. The topological polar surface area (TPSA) is 134 Å². The van der Waals surface area contributed by atoms with Crippen LogP contribution in [-0.2, 0) is 9.59 Å². The second-order valence-electron chi connectivity index (χ2n) is 9.75. The van der Waals surface area contributed by atoms with Gasteiger partial charge in [-0.15, -0.1) is 11.8 Å². The molecule has 4 rings (SSSR count). The van der Waals surface area contributed by atoms with Gasteiger partial charge in [-0.1, -0.05) is 43.3 Å². The minimum Gasteiger partial charge on any atom is -0.494 e. The fourth-order valence-electron chi connectivity index (χ4n) is 4.19. The highest BCUT2D eigenvalue weighted by Gasteiger charge is 2.20. The van der Waals surface area contributed by atoms with Crippen molar-refractivity contribution in [1.29, 1.82) is 0 Å². The van der Waals surface area contributed by atoms with Crippen molar-refractivity contribution in [2.75, 3.05) is 17.2 Å². The highest BCUT2D eigenvalue weighted by molar-refractivity contribution is 8.00. The number of benzene rings is 4. The lowest BCUT2D eigenvalue weighted by atomic mass is 10.1. The number of carbonyl (C=O) groups is 4. The summed E-state index contributed by atoms with van der Waals surface area (Å²) in [6, 6.07) is 28.8. The van der Waals surface area contributed by atoms with E-state index in [1.54, 1.807) is 91.0 Å². The van der Waals surface area contributed by atoms with E-state index in [9.17, 15) is 19.2 Å². The molecule has 0 heterocycles. The second-order valence-corrected chi connectivity index (χ2v) is 11.0. The molecule has 4 N–H and O–H groups in total. The molecule has 1 atom stereocenters. The number of hydrogen-bond acceptors (Lipinski definition) is 6. The van der Waals surface area contributed by atoms with Crippen molar-refractivity contribution in [3.63, 3.8) is 0 Å². The van der Waals surface area contributed by atoms with Gasteiger partial charge in [0.2, 0.25) is 5.91 Å². The SMILES string of the molecule is CCOc1ccc(/C=C(/NC(=O)c2ccccc2)C(=O)Nc2cccc(SC(CC)C(=O)Nc3ccc(C(=O)O)cc3)c2)cc1. The quantitative estimate of drug-likeness (QED) is 0.0962. The highest BCUT2D eigenvalue weighted by atomic mass is 32.2. The van der Waals surface area contributed by atoms with Gasteiger partial charge in [-0.2, -0.15) is 0 Å².